The fourth-order valence-corrected chi connectivity index (χ4v) is 3.94. The first-order chi connectivity index (χ1) is 10.2. The molecule has 0 aromatic heterocycles. The first-order valence-corrected chi connectivity index (χ1v) is 7.55. The van der Waals surface area contributed by atoms with Crippen LogP contribution in [-0.2, 0) is 10.8 Å². The molecule has 1 unspecified atom stereocenters. The lowest BCUT2D eigenvalue weighted by molar-refractivity contribution is 0.1000. The fourth-order valence-electron chi connectivity index (χ4n) is 3.94. The molecule has 2 aromatic carbocycles. The molecular weight excluding hydrogens is 272 g/mol. The number of benzene rings is 2. The minimum atomic E-state index is -0.395. The van der Waals surface area contributed by atoms with Crippen LogP contribution in [0.2, 0.25) is 0 Å². The van der Waals surface area contributed by atoms with Gasteiger partial charge < -0.3 is 11.5 Å². The number of anilines is 1. The van der Waals surface area contributed by atoms with Gasteiger partial charge in [0.2, 0.25) is 5.91 Å². The zero-order chi connectivity index (χ0) is 16.1. The Balaban J connectivity index is 2.15. The van der Waals surface area contributed by atoms with E-state index in [9.17, 15) is 4.79 Å². The molecule has 0 heterocycles. The Morgan fingerprint density at radius 3 is 2.23 bits per heavy atom. The van der Waals surface area contributed by atoms with Crippen LogP contribution in [0.1, 0.15) is 54.2 Å². The number of rotatable bonds is 2. The molecule has 4 N–H and O–H groups in total. The van der Waals surface area contributed by atoms with Crippen LogP contribution in [0.5, 0.6) is 0 Å². The summed E-state index contributed by atoms with van der Waals surface area (Å²) in [5, 5.41) is 0. The summed E-state index contributed by atoms with van der Waals surface area (Å²) in [6, 6.07) is 13.8. The van der Waals surface area contributed by atoms with E-state index >= 15 is 0 Å². The maximum Gasteiger partial charge on any atom is 0.248 e. The Bertz CT molecular complexity index is 747. The summed E-state index contributed by atoms with van der Waals surface area (Å²) in [7, 11) is 0. The molecule has 0 radical (unpaired) electrons. The van der Waals surface area contributed by atoms with Crippen molar-refractivity contribution in [2.75, 3.05) is 5.73 Å². The molecule has 0 saturated heterocycles. The third kappa shape index (κ3) is 2.08. The van der Waals surface area contributed by atoms with E-state index < -0.39 is 5.91 Å². The lowest BCUT2D eigenvalue weighted by atomic mass is 9.75. The molecule has 114 valence electrons. The molecule has 3 rings (SSSR count). The lowest BCUT2D eigenvalue weighted by Crippen LogP contribution is -2.23. The van der Waals surface area contributed by atoms with E-state index in [0.29, 0.717) is 5.56 Å². The summed E-state index contributed by atoms with van der Waals surface area (Å²) in [5.74, 6) is -0.395. The molecule has 3 heteroatoms. The van der Waals surface area contributed by atoms with Crippen LogP contribution in [0.25, 0.3) is 0 Å². The van der Waals surface area contributed by atoms with Crippen molar-refractivity contribution in [3.05, 3.63) is 64.7 Å². The SMILES string of the molecule is CC1(C)CC(C)(c2ccc(C(N)=O)cc2)c2cc(N)ccc21. The molecule has 0 saturated carbocycles. The smallest absolute Gasteiger partial charge is 0.248 e. The highest BCUT2D eigenvalue weighted by Gasteiger charge is 2.45. The number of amides is 1. The normalized spacial score (nSPS) is 22.3. The fraction of sp³-hybridized carbons (Fsp3) is 0.316. The van der Waals surface area contributed by atoms with Crippen molar-refractivity contribution in [2.24, 2.45) is 5.73 Å². The topological polar surface area (TPSA) is 69.1 Å². The van der Waals surface area contributed by atoms with Crippen molar-refractivity contribution in [2.45, 2.75) is 38.0 Å². The Kier molecular flexibility index (Phi) is 3.06. The van der Waals surface area contributed by atoms with Gasteiger partial charge in [0, 0.05) is 16.7 Å². The first kappa shape index (κ1) is 14.6. The van der Waals surface area contributed by atoms with Gasteiger partial charge in [-0.05, 0) is 52.8 Å². The summed E-state index contributed by atoms with van der Waals surface area (Å²) in [6.45, 7) is 6.79. The summed E-state index contributed by atoms with van der Waals surface area (Å²) < 4.78 is 0. The summed E-state index contributed by atoms with van der Waals surface area (Å²) >= 11 is 0. The van der Waals surface area contributed by atoms with Crippen LogP contribution in [0.3, 0.4) is 0 Å². The van der Waals surface area contributed by atoms with E-state index in [-0.39, 0.29) is 10.8 Å². The molecule has 1 aliphatic carbocycles. The van der Waals surface area contributed by atoms with Gasteiger partial charge in [-0.1, -0.05) is 39.0 Å². The first-order valence-electron chi connectivity index (χ1n) is 7.55. The monoisotopic (exact) mass is 294 g/mol. The largest absolute Gasteiger partial charge is 0.399 e. The number of carbonyl (C=O) groups excluding carboxylic acids is 1. The van der Waals surface area contributed by atoms with E-state index in [0.717, 1.165) is 12.1 Å². The predicted molar refractivity (Wildman–Crippen MR) is 89.9 cm³/mol. The number of carbonyl (C=O) groups is 1. The van der Waals surface area contributed by atoms with Crippen LogP contribution in [0, 0.1) is 0 Å². The minimum Gasteiger partial charge on any atom is -0.399 e. The van der Waals surface area contributed by atoms with Crippen molar-refractivity contribution in [3.63, 3.8) is 0 Å². The van der Waals surface area contributed by atoms with Crippen LogP contribution in [0.4, 0.5) is 5.69 Å². The Labute approximate surface area is 131 Å². The number of hydrogen-bond acceptors (Lipinski definition) is 2. The van der Waals surface area contributed by atoms with Gasteiger partial charge in [-0.25, -0.2) is 0 Å². The lowest BCUT2D eigenvalue weighted by Gasteiger charge is -2.28. The van der Waals surface area contributed by atoms with Crippen LogP contribution in [0.15, 0.2) is 42.5 Å². The highest BCUT2D eigenvalue weighted by Crippen LogP contribution is 2.53. The van der Waals surface area contributed by atoms with Gasteiger partial charge in [0.05, 0.1) is 0 Å². The number of hydrogen-bond donors (Lipinski definition) is 2. The molecule has 1 aliphatic rings. The van der Waals surface area contributed by atoms with E-state index in [2.05, 4.69) is 32.9 Å². The molecule has 0 spiro atoms. The van der Waals surface area contributed by atoms with Gasteiger partial charge in [0.1, 0.15) is 0 Å². The molecule has 0 bridgehead atoms. The predicted octanol–water partition coefficient (Wildman–Crippen LogP) is 3.36. The van der Waals surface area contributed by atoms with Gasteiger partial charge in [-0.15, -0.1) is 0 Å². The van der Waals surface area contributed by atoms with Crippen molar-refractivity contribution < 1.29 is 4.79 Å². The Morgan fingerprint density at radius 2 is 1.64 bits per heavy atom. The quantitative estimate of drug-likeness (QED) is 0.834. The maximum absolute atomic E-state index is 11.3. The summed E-state index contributed by atoms with van der Waals surface area (Å²) in [5.41, 5.74) is 16.5. The van der Waals surface area contributed by atoms with Gasteiger partial charge in [-0.2, -0.15) is 0 Å². The number of primary amides is 1. The molecule has 22 heavy (non-hydrogen) atoms. The second-order valence-corrected chi connectivity index (χ2v) is 7.14. The van der Waals surface area contributed by atoms with E-state index in [1.165, 1.54) is 16.7 Å². The average Bonchev–Trinajstić information content (AvgIpc) is 2.66. The van der Waals surface area contributed by atoms with Gasteiger partial charge >= 0.3 is 0 Å². The van der Waals surface area contributed by atoms with E-state index in [4.69, 9.17) is 11.5 Å². The molecule has 1 atom stereocenters. The molecule has 0 fully saturated rings. The maximum atomic E-state index is 11.3. The highest BCUT2D eigenvalue weighted by atomic mass is 16.1. The second-order valence-electron chi connectivity index (χ2n) is 7.14. The third-order valence-corrected chi connectivity index (χ3v) is 4.97. The van der Waals surface area contributed by atoms with E-state index in [1.807, 2.05) is 18.2 Å². The van der Waals surface area contributed by atoms with E-state index in [1.54, 1.807) is 12.1 Å². The minimum absolute atomic E-state index is 0.0974. The molecule has 1 amide bonds. The summed E-state index contributed by atoms with van der Waals surface area (Å²) in [4.78, 5) is 11.3. The van der Waals surface area contributed by atoms with Gasteiger partial charge in [0.25, 0.3) is 0 Å². The zero-order valence-corrected chi connectivity index (χ0v) is 13.3. The van der Waals surface area contributed by atoms with Crippen LogP contribution in [-0.4, -0.2) is 5.91 Å². The Hall–Kier alpha value is -2.29. The number of fused-ring (bicyclic) bond motifs is 1. The average molecular weight is 294 g/mol. The zero-order valence-electron chi connectivity index (χ0n) is 13.3. The van der Waals surface area contributed by atoms with Crippen LogP contribution >= 0.6 is 0 Å². The number of nitrogen functional groups attached to an aromatic ring is 1. The standard InChI is InChI=1S/C19H22N2O/c1-18(2)11-19(3,16-10-14(20)8-9-15(16)18)13-6-4-12(5-7-13)17(21)22/h4-10H,11,20H2,1-3H3,(H2,21,22). The third-order valence-electron chi connectivity index (χ3n) is 4.97. The van der Waals surface area contributed by atoms with Crippen molar-refractivity contribution in [1.82, 2.24) is 0 Å². The molecule has 2 aromatic rings. The van der Waals surface area contributed by atoms with Gasteiger partial charge in [0.15, 0.2) is 0 Å². The van der Waals surface area contributed by atoms with Crippen molar-refractivity contribution >= 4 is 11.6 Å². The number of nitrogens with two attached hydrogens (primary N) is 2. The Morgan fingerprint density at radius 1 is 1.00 bits per heavy atom. The highest BCUT2D eigenvalue weighted by molar-refractivity contribution is 5.92. The van der Waals surface area contributed by atoms with Crippen LogP contribution < -0.4 is 11.5 Å². The molecule has 3 nitrogen and oxygen atoms in total. The second kappa shape index (κ2) is 4.60. The van der Waals surface area contributed by atoms with Crippen molar-refractivity contribution in [3.8, 4) is 0 Å². The summed E-state index contributed by atoms with van der Waals surface area (Å²) in [6.07, 6.45) is 1.01. The molecular formula is C19H22N2O. The van der Waals surface area contributed by atoms with Gasteiger partial charge in [-0.3, -0.25) is 4.79 Å². The van der Waals surface area contributed by atoms with Crippen molar-refractivity contribution in [1.29, 1.82) is 0 Å². The molecule has 0 aliphatic heterocycles.